The van der Waals surface area contributed by atoms with Crippen LogP contribution in [-0.4, -0.2) is 45.3 Å². The van der Waals surface area contributed by atoms with Crippen molar-refractivity contribution in [1.82, 2.24) is 4.31 Å². The zero-order valence-corrected chi connectivity index (χ0v) is 12.6. The Labute approximate surface area is 119 Å². The second kappa shape index (κ2) is 6.20. The zero-order valence-electron chi connectivity index (χ0n) is 11.8. The molecule has 1 heterocycles. The fourth-order valence-corrected chi connectivity index (χ4v) is 4.15. The van der Waals surface area contributed by atoms with Crippen molar-refractivity contribution in [1.29, 1.82) is 0 Å². The van der Waals surface area contributed by atoms with Crippen LogP contribution in [0.3, 0.4) is 0 Å². The Balaban J connectivity index is 2.17. The molecule has 0 unspecified atom stereocenters. The standard InChI is InChI=1S/C14H20FNO3S/c1-16(2)20(17,18)14-7-8-19-10-12(14)9-11-3-5-13(15)6-4-11/h3-6,12,14H,7-10H2,1-2H3/t12-,14+/m0/s1. The minimum absolute atomic E-state index is 0.0957. The molecule has 2 atom stereocenters. The van der Waals surface area contributed by atoms with Crippen molar-refractivity contribution in [3.63, 3.8) is 0 Å². The molecule has 4 nitrogen and oxygen atoms in total. The van der Waals surface area contributed by atoms with Gasteiger partial charge >= 0.3 is 0 Å². The molecule has 0 saturated carbocycles. The first-order valence-electron chi connectivity index (χ1n) is 6.65. The number of halogens is 1. The average Bonchev–Trinajstić information content (AvgIpc) is 2.41. The van der Waals surface area contributed by atoms with E-state index in [0.29, 0.717) is 26.1 Å². The molecule has 0 N–H and O–H groups in total. The molecule has 0 radical (unpaired) electrons. The third-order valence-corrected chi connectivity index (χ3v) is 6.11. The van der Waals surface area contributed by atoms with Crippen molar-refractivity contribution in [3.8, 4) is 0 Å². The topological polar surface area (TPSA) is 46.6 Å². The number of nitrogens with zero attached hydrogens (tertiary/aromatic N) is 1. The molecule has 0 bridgehead atoms. The molecule has 2 rings (SSSR count). The third-order valence-electron chi connectivity index (χ3n) is 3.71. The average molecular weight is 301 g/mol. The van der Waals surface area contributed by atoms with Crippen molar-refractivity contribution in [2.45, 2.75) is 18.1 Å². The third kappa shape index (κ3) is 3.37. The van der Waals surface area contributed by atoms with E-state index in [1.54, 1.807) is 26.2 Å². The Bertz CT molecular complexity index is 542. The summed E-state index contributed by atoms with van der Waals surface area (Å²) in [6, 6.07) is 6.19. The van der Waals surface area contributed by atoms with Gasteiger partial charge in [-0.1, -0.05) is 12.1 Å². The van der Waals surface area contributed by atoms with E-state index in [4.69, 9.17) is 4.74 Å². The fourth-order valence-electron chi connectivity index (χ4n) is 2.55. The van der Waals surface area contributed by atoms with Crippen LogP contribution in [0, 0.1) is 11.7 Å². The van der Waals surface area contributed by atoms with Crippen LogP contribution in [0.1, 0.15) is 12.0 Å². The Hall–Kier alpha value is -0.980. The van der Waals surface area contributed by atoms with Gasteiger partial charge < -0.3 is 4.74 Å². The lowest BCUT2D eigenvalue weighted by Crippen LogP contribution is -2.44. The summed E-state index contributed by atoms with van der Waals surface area (Å²) in [5.41, 5.74) is 0.931. The highest BCUT2D eigenvalue weighted by molar-refractivity contribution is 7.89. The van der Waals surface area contributed by atoms with Crippen molar-refractivity contribution >= 4 is 10.0 Å². The summed E-state index contributed by atoms with van der Waals surface area (Å²) in [6.07, 6.45) is 1.09. The maximum absolute atomic E-state index is 12.9. The molecular weight excluding hydrogens is 281 g/mol. The SMILES string of the molecule is CN(C)S(=O)(=O)[C@@H]1CCOC[C@@H]1Cc1ccc(F)cc1. The first-order valence-corrected chi connectivity index (χ1v) is 8.15. The summed E-state index contributed by atoms with van der Waals surface area (Å²) < 4.78 is 44.3. The van der Waals surface area contributed by atoms with Crippen LogP contribution in [-0.2, 0) is 21.2 Å². The highest BCUT2D eigenvalue weighted by Gasteiger charge is 2.37. The maximum atomic E-state index is 12.9. The molecule has 6 heteroatoms. The number of hydrogen-bond acceptors (Lipinski definition) is 3. The molecule has 1 aromatic rings. The highest BCUT2D eigenvalue weighted by atomic mass is 32.2. The van der Waals surface area contributed by atoms with Crippen LogP contribution in [0.15, 0.2) is 24.3 Å². The van der Waals surface area contributed by atoms with E-state index in [-0.39, 0.29) is 11.7 Å². The number of hydrogen-bond donors (Lipinski definition) is 0. The summed E-state index contributed by atoms with van der Waals surface area (Å²) in [5, 5.41) is -0.434. The van der Waals surface area contributed by atoms with Gasteiger partial charge in [-0.2, -0.15) is 0 Å². The quantitative estimate of drug-likeness (QED) is 0.850. The van der Waals surface area contributed by atoms with E-state index in [2.05, 4.69) is 0 Å². The van der Waals surface area contributed by atoms with Crippen LogP contribution in [0.25, 0.3) is 0 Å². The van der Waals surface area contributed by atoms with Gasteiger partial charge in [0.05, 0.1) is 11.9 Å². The van der Waals surface area contributed by atoms with E-state index < -0.39 is 15.3 Å². The molecule has 1 aromatic carbocycles. The molecule has 0 aromatic heterocycles. The summed E-state index contributed by atoms with van der Waals surface area (Å²) in [4.78, 5) is 0. The van der Waals surface area contributed by atoms with Crippen molar-refractivity contribution in [3.05, 3.63) is 35.6 Å². The van der Waals surface area contributed by atoms with Gasteiger partial charge in [-0.05, 0) is 30.5 Å². The molecule has 1 fully saturated rings. The van der Waals surface area contributed by atoms with Crippen LogP contribution >= 0.6 is 0 Å². The predicted molar refractivity (Wildman–Crippen MR) is 75.4 cm³/mol. The van der Waals surface area contributed by atoms with Crippen molar-refractivity contribution in [2.24, 2.45) is 5.92 Å². The first-order chi connectivity index (χ1) is 9.41. The number of benzene rings is 1. The smallest absolute Gasteiger partial charge is 0.216 e. The molecule has 0 amide bonds. The second-order valence-corrected chi connectivity index (χ2v) is 7.69. The van der Waals surface area contributed by atoms with Crippen molar-refractivity contribution < 1.29 is 17.5 Å². The van der Waals surface area contributed by atoms with Crippen molar-refractivity contribution in [2.75, 3.05) is 27.3 Å². The maximum Gasteiger partial charge on any atom is 0.216 e. The predicted octanol–water partition coefficient (Wildman–Crippen LogP) is 1.66. The zero-order chi connectivity index (χ0) is 14.8. The Morgan fingerprint density at radius 2 is 1.95 bits per heavy atom. The monoisotopic (exact) mass is 301 g/mol. The van der Waals surface area contributed by atoms with E-state index >= 15 is 0 Å². The molecule has 20 heavy (non-hydrogen) atoms. The molecule has 112 valence electrons. The summed E-state index contributed by atoms with van der Waals surface area (Å²) >= 11 is 0. The van der Waals surface area contributed by atoms with Gasteiger partial charge in [0.15, 0.2) is 0 Å². The first kappa shape index (κ1) is 15.4. The molecule has 0 spiro atoms. The van der Waals surface area contributed by atoms with Gasteiger partial charge in [0.1, 0.15) is 5.82 Å². The largest absolute Gasteiger partial charge is 0.381 e. The minimum Gasteiger partial charge on any atom is -0.381 e. The number of ether oxygens (including phenoxy) is 1. The van der Waals surface area contributed by atoms with Crippen LogP contribution in [0.5, 0.6) is 0 Å². The van der Waals surface area contributed by atoms with Gasteiger partial charge in [-0.25, -0.2) is 17.1 Å². The summed E-state index contributed by atoms with van der Waals surface area (Å²) in [6.45, 7) is 0.896. The highest BCUT2D eigenvalue weighted by Crippen LogP contribution is 2.26. The van der Waals surface area contributed by atoms with Crippen LogP contribution in [0.4, 0.5) is 4.39 Å². The van der Waals surface area contributed by atoms with Gasteiger partial charge in [-0.3, -0.25) is 0 Å². The molecule has 0 aliphatic carbocycles. The van der Waals surface area contributed by atoms with E-state index in [1.165, 1.54) is 16.4 Å². The molecular formula is C14H20FNO3S. The molecule has 1 aliphatic rings. The van der Waals surface area contributed by atoms with E-state index in [1.807, 2.05) is 0 Å². The molecule has 1 saturated heterocycles. The van der Waals surface area contributed by atoms with Gasteiger partial charge in [-0.15, -0.1) is 0 Å². The van der Waals surface area contributed by atoms with Gasteiger partial charge in [0, 0.05) is 26.6 Å². The molecule has 1 aliphatic heterocycles. The van der Waals surface area contributed by atoms with E-state index in [0.717, 1.165) is 5.56 Å². The summed E-state index contributed by atoms with van der Waals surface area (Å²) in [7, 11) is -0.188. The minimum atomic E-state index is -3.30. The Morgan fingerprint density at radius 3 is 2.55 bits per heavy atom. The lowest BCUT2D eigenvalue weighted by molar-refractivity contribution is 0.0563. The fraction of sp³-hybridized carbons (Fsp3) is 0.571. The summed E-state index contributed by atoms with van der Waals surface area (Å²) in [5.74, 6) is -0.382. The van der Waals surface area contributed by atoms with Gasteiger partial charge in [0.25, 0.3) is 0 Å². The lowest BCUT2D eigenvalue weighted by atomic mass is 9.93. The second-order valence-electron chi connectivity index (χ2n) is 5.32. The number of rotatable bonds is 4. The van der Waals surface area contributed by atoms with E-state index in [9.17, 15) is 12.8 Å². The Morgan fingerprint density at radius 1 is 1.30 bits per heavy atom. The van der Waals surface area contributed by atoms with Gasteiger partial charge in [0.2, 0.25) is 10.0 Å². The Kier molecular flexibility index (Phi) is 4.78. The van der Waals surface area contributed by atoms with Crippen LogP contribution < -0.4 is 0 Å². The lowest BCUT2D eigenvalue weighted by Gasteiger charge is -2.33. The van der Waals surface area contributed by atoms with Crippen LogP contribution in [0.2, 0.25) is 0 Å². The normalized spacial score (nSPS) is 24.0. The number of sulfonamides is 1.